The summed E-state index contributed by atoms with van der Waals surface area (Å²) >= 11 is 0. The molecule has 0 bridgehead atoms. The average Bonchev–Trinajstić information content (AvgIpc) is 2.97. The molecule has 26 heavy (non-hydrogen) atoms. The number of rotatable bonds is 6. The van der Waals surface area contributed by atoms with E-state index in [0.29, 0.717) is 19.4 Å². The lowest BCUT2D eigenvalue weighted by Gasteiger charge is -2.25. The van der Waals surface area contributed by atoms with Gasteiger partial charge in [-0.2, -0.15) is 0 Å². The maximum atomic E-state index is 12.3. The zero-order valence-electron chi connectivity index (χ0n) is 16.2. The molecule has 1 aliphatic heterocycles. The lowest BCUT2D eigenvalue weighted by atomic mass is 10.2. The van der Waals surface area contributed by atoms with Crippen molar-refractivity contribution in [3.05, 3.63) is 0 Å². The summed E-state index contributed by atoms with van der Waals surface area (Å²) in [5.74, 6) is -1.01. The van der Waals surface area contributed by atoms with Crippen LogP contribution < -0.4 is 16.0 Å². The molecule has 3 N–H and O–H groups in total. The summed E-state index contributed by atoms with van der Waals surface area (Å²) in [4.78, 5) is 49.3. The molecule has 1 heterocycles. The molecule has 4 amide bonds. The molecule has 0 aromatic rings. The highest BCUT2D eigenvalue weighted by atomic mass is 16.6. The second-order valence-electron chi connectivity index (χ2n) is 7.54. The van der Waals surface area contributed by atoms with E-state index in [4.69, 9.17) is 4.74 Å². The molecule has 0 aliphatic carbocycles. The van der Waals surface area contributed by atoms with E-state index in [-0.39, 0.29) is 36.9 Å². The van der Waals surface area contributed by atoms with Crippen LogP contribution in [0.4, 0.5) is 4.79 Å². The van der Waals surface area contributed by atoms with E-state index in [2.05, 4.69) is 16.0 Å². The summed E-state index contributed by atoms with van der Waals surface area (Å²) in [6.45, 7) is 8.90. The zero-order valence-corrected chi connectivity index (χ0v) is 16.2. The lowest BCUT2D eigenvalue weighted by molar-refractivity contribution is -0.138. The molecular formula is C17H30N4O5. The number of amides is 4. The fourth-order valence-electron chi connectivity index (χ4n) is 2.56. The van der Waals surface area contributed by atoms with Crippen LogP contribution in [-0.4, -0.2) is 66.0 Å². The molecule has 9 heteroatoms. The standard InChI is InChI=1S/C17H30N4O5/c1-11(2)20-13(22)9-18-15(24)12-7-6-8-21(12)14(23)10-19-16(25)26-17(3,4)5/h11-12H,6-10H2,1-5H3,(H,18,24)(H,19,25)(H,20,22)/t12-/m0/s1. The number of alkyl carbamates (subject to hydrolysis) is 1. The van der Waals surface area contributed by atoms with Gasteiger partial charge >= 0.3 is 6.09 Å². The minimum Gasteiger partial charge on any atom is -0.444 e. The van der Waals surface area contributed by atoms with Gasteiger partial charge in [0.15, 0.2) is 0 Å². The number of carbonyl (C=O) groups is 4. The Labute approximate surface area is 154 Å². The van der Waals surface area contributed by atoms with Gasteiger partial charge in [-0.1, -0.05) is 0 Å². The van der Waals surface area contributed by atoms with Crippen molar-refractivity contribution in [3.8, 4) is 0 Å². The Morgan fingerprint density at radius 1 is 1.12 bits per heavy atom. The highest BCUT2D eigenvalue weighted by Crippen LogP contribution is 2.17. The quantitative estimate of drug-likeness (QED) is 0.615. The molecule has 0 aromatic heterocycles. The van der Waals surface area contributed by atoms with Crippen molar-refractivity contribution in [2.75, 3.05) is 19.6 Å². The topological polar surface area (TPSA) is 117 Å². The summed E-state index contributed by atoms with van der Waals surface area (Å²) in [6, 6.07) is -0.641. The van der Waals surface area contributed by atoms with Gasteiger partial charge in [0.2, 0.25) is 17.7 Å². The minimum atomic E-state index is -0.684. The molecular weight excluding hydrogens is 340 g/mol. The van der Waals surface area contributed by atoms with Crippen LogP contribution in [0.5, 0.6) is 0 Å². The Balaban J connectivity index is 2.48. The smallest absolute Gasteiger partial charge is 0.408 e. The van der Waals surface area contributed by atoms with Crippen LogP contribution >= 0.6 is 0 Å². The molecule has 1 fully saturated rings. The zero-order chi connectivity index (χ0) is 19.9. The van der Waals surface area contributed by atoms with Crippen molar-refractivity contribution < 1.29 is 23.9 Å². The van der Waals surface area contributed by atoms with Gasteiger partial charge < -0.3 is 25.6 Å². The van der Waals surface area contributed by atoms with Gasteiger partial charge in [0.1, 0.15) is 18.2 Å². The van der Waals surface area contributed by atoms with Gasteiger partial charge in [0.25, 0.3) is 0 Å². The third-order valence-electron chi connectivity index (χ3n) is 3.53. The van der Waals surface area contributed by atoms with E-state index < -0.39 is 17.7 Å². The van der Waals surface area contributed by atoms with E-state index in [1.807, 2.05) is 13.8 Å². The molecule has 0 spiro atoms. The van der Waals surface area contributed by atoms with Crippen LogP contribution in [0.2, 0.25) is 0 Å². The number of hydrogen-bond donors (Lipinski definition) is 3. The highest BCUT2D eigenvalue weighted by molar-refractivity contribution is 5.92. The van der Waals surface area contributed by atoms with Crippen molar-refractivity contribution >= 4 is 23.8 Å². The third-order valence-corrected chi connectivity index (χ3v) is 3.53. The summed E-state index contributed by atoms with van der Waals surface area (Å²) in [7, 11) is 0. The molecule has 0 radical (unpaired) electrons. The first-order valence-electron chi connectivity index (χ1n) is 8.83. The maximum absolute atomic E-state index is 12.3. The van der Waals surface area contributed by atoms with Crippen molar-refractivity contribution in [3.63, 3.8) is 0 Å². The van der Waals surface area contributed by atoms with Crippen molar-refractivity contribution in [2.24, 2.45) is 0 Å². The minimum absolute atomic E-state index is 0.0112. The van der Waals surface area contributed by atoms with Crippen LogP contribution in [0.25, 0.3) is 0 Å². The first kappa shape index (κ1) is 21.7. The van der Waals surface area contributed by atoms with Gasteiger partial charge in [0, 0.05) is 12.6 Å². The number of nitrogens with zero attached hydrogens (tertiary/aromatic N) is 1. The van der Waals surface area contributed by atoms with Gasteiger partial charge in [-0.25, -0.2) is 4.79 Å². The maximum Gasteiger partial charge on any atom is 0.408 e. The van der Waals surface area contributed by atoms with Gasteiger partial charge in [0.05, 0.1) is 6.54 Å². The summed E-state index contributed by atoms with van der Waals surface area (Å²) in [5.41, 5.74) is -0.653. The Morgan fingerprint density at radius 2 is 1.77 bits per heavy atom. The summed E-state index contributed by atoms with van der Waals surface area (Å²) < 4.78 is 5.08. The summed E-state index contributed by atoms with van der Waals surface area (Å²) in [6.07, 6.45) is 0.529. The van der Waals surface area contributed by atoms with Gasteiger partial charge in [-0.05, 0) is 47.5 Å². The number of ether oxygens (including phenoxy) is 1. The molecule has 0 saturated carbocycles. The normalized spacial score (nSPS) is 17.0. The largest absolute Gasteiger partial charge is 0.444 e. The first-order valence-corrected chi connectivity index (χ1v) is 8.83. The number of likely N-dealkylation sites (tertiary alicyclic amines) is 1. The Kier molecular flexibility index (Phi) is 7.85. The fraction of sp³-hybridized carbons (Fsp3) is 0.765. The van der Waals surface area contributed by atoms with Crippen LogP contribution in [-0.2, 0) is 19.1 Å². The van der Waals surface area contributed by atoms with Crippen molar-refractivity contribution in [1.82, 2.24) is 20.9 Å². The van der Waals surface area contributed by atoms with E-state index >= 15 is 0 Å². The molecule has 1 saturated heterocycles. The summed E-state index contributed by atoms with van der Waals surface area (Å²) in [5, 5.41) is 7.63. The van der Waals surface area contributed by atoms with E-state index in [1.54, 1.807) is 20.8 Å². The van der Waals surface area contributed by atoms with Crippen LogP contribution in [0.3, 0.4) is 0 Å². The number of nitrogens with one attached hydrogen (secondary N) is 3. The van der Waals surface area contributed by atoms with Crippen molar-refractivity contribution in [2.45, 2.75) is 65.1 Å². The molecule has 0 aromatic carbocycles. The van der Waals surface area contributed by atoms with Gasteiger partial charge in [-0.15, -0.1) is 0 Å². The second-order valence-corrected chi connectivity index (χ2v) is 7.54. The Bertz CT molecular complexity index is 542. The Hall–Kier alpha value is -2.32. The first-order chi connectivity index (χ1) is 12.0. The fourth-order valence-corrected chi connectivity index (χ4v) is 2.56. The monoisotopic (exact) mass is 370 g/mol. The van der Waals surface area contributed by atoms with Crippen molar-refractivity contribution in [1.29, 1.82) is 0 Å². The van der Waals surface area contributed by atoms with Gasteiger partial charge in [-0.3, -0.25) is 14.4 Å². The molecule has 1 rings (SSSR count). The number of carbonyl (C=O) groups excluding carboxylic acids is 4. The van der Waals surface area contributed by atoms with Crippen LogP contribution in [0, 0.1) is 0 Å². The third kappa shape index (κ3) is 7.71. The van der Waals surface area contributed by atoms with Crippen LogP contribution in [0.1, 0.15) is 47.5 Å². The van der Waals surface area contributed by atoms with E-state index in [0.717, 1.165) is 0 Å². The lowest BCUT2D eigenvalue weighted by Crippen LogP contribution is -2.51. The molecule has 1 aliphatic rings. The SMILES string of the molecule is CC(C)NC(=O)CNC(=O)[C@@H]1CCCN1C(=O)CNC(=O)OC(C)(C)C. The molecule has 0 unspecified atom stereocenters. The molecule has 9 nitrogen and oxygen atoms in total. The van der Waals surface area contributed by atoms with E-state index in [1.165, 1.54) is 4.90 Å². The predicted octanol–water partition coefficient (Wildman–Crippen LogP) is 0.143. The predicted molar refractivity (Wildman–Crippen MR) is 95.3 cm³/mol. The molecule has 148 valence electrons. The Morgan fingerprint density at radius 3 is 2.35 bits per heavy atom. The average molecular weight is 370 g/mol. The highest BCUT2D eigenvalue weighted by Gasteiger charge is 2.34. The van der Waals surface area contributed by atoms with E-state index in [9.17, 15) is 19.2 Å². The van der Waals surface area contributed by atoms with Crippen LogP contribution in [0.15, 0.2) is 0 Å². The second kappa shape index (κ2) is 9.40. The molecule has 1 atom stereocenters. The number of hydrogen-bond acceptors (Lipinski definition) is 5.